The molecular formula is C20H22BrN3O4. The second kappa shape index (κ2) is 9.57. The summed E-state index contributed by atoms with van der Waals surface area (Å²) >= 11 is 3.55. The van der Waals surface area contributed by atoms with Crippen molar-refractivity contribution >= 4 is 32.9 Å². The van der Waals surface area contributed by atoms with Crippen LogP contribution in [0.4, 0.5) is 4.79 Å². The Morgan fingerprint density at radius 1 is 1.29 bits per heavy atom. The van der Waals surface area contributed by atoms with Gasteiger partial charge >= 0.3 is 6.09 Å². The van der Waals surface area contributed by atoms with Crippen LogP contribution in [-0.4, -0.2) is 40.2 Å². The van der Waals surface area contributed by atoms with Gasteiger partial charge in [-0.2, -0.15) is 5.10 Å². The summed E-state index contributed by atoms with van der Waals surface area (Å²) in [4.78, 5) is 12.0. The van der Waals surface area contributed by atoms with Gasteiger partial charge in [-0.05, 0) is 40.5 Å². The number of ether oxygens (including phenoxy) is 2. The first-order valence-corrected chi connectivity index (χ1v) is 9.72. The maximum Gasteiger partial charge on any atom is 0.407 e. The minimum atomic E-state index is -0.473. The zero-order chi connectivity index (χ0) is 19.9. The highest BCUT2D eigenvalue weighted by Gasteiger charge is 2.15. The fourth-order valence-electron chi connectivity index (χ4n) is 2.79. The molecule has 1 amide bonds. The Labute approximate surface area is 171 Å². The van der Waals surface area contributed by atoms with Crippen LogP contribution in [0.1, 0.15) is 12.5 Å². The number of aliphatic hydroxyl groups is 1. The number of alkyl carbamates (subject to hydrolysis) is 1. The van der Waals surface area contributed by atoms with Crippen LogP contribution in [0.3, 0.4) is 0 Å². The monoisotopic (exact) mass is 447 g/mol. The summed E-state index contributed by atoms with van der Waals surface area (Å²) in [5, 5.41) is 17.1. The molecule has 1 heterocycles. The molecule has 0 aliphatic carbocycles. The predicted molar refractivity (Wildman–Crippen MR) is 109 cm³/mol. The highest BCUT2D eigenvalue weighted by Crippen LogP contribution is 2.33. The van der Waals surface area contributed by atoms with Gasteiger partial charge in [0.15, 0.2) is 0 Å². The molecule has 8 heteroatoms. The molecule has 1 atom stereocenters. The van der Waals surface area contributed by atoms with Crippen LogP contribution in [0.15, 0.2) is 53.1 Å². The lowest BCUT2D eigenvalue weighted by atomic mass is 10.2. The number of carbonyl (C=O) groups excluding carboxylic acids is 1. The van der Waals surface area contributed by atoms with Crippen molar-refractivity contribution in [3.8, 4) is 5.75 Å². The van der Waals surface area contributed by atoms with E-state index in [1.165, 1.54) is 0 Å². The number of rotatable bonds is 8. The highest BCUT2D eigenvalue weighted by molar-refractivity contribution is 9.10. The van der Waals surface area contributed by atoms with Crippen LogP contribution in [0, 0.1) is 0 Å². The normalized spacial score (nSPS) is 12.0. The van der Waals surface area contributed by atoms with E-state index in [1.54, 1.807) is 10.9 Å². The Kier molecular flexibility index (Phi) is 6.89. The van der Waals surface area contributed by atoms with Crippen LogP contribution in [0.2, 0.25) is 0 Å². The number of aliphatic hydroxyl groups excluding tert-OH is 1. The average molecular weight is 448 g/mol. The Morgan fingerprint density at radius 2 is 2.07 bits per heavy atom. The number of carbonyl (C=O) groups is 1. The van der Waals surface area contributed by atoms with Gasteiger partial charge in [0.1, 0.15) is 19.0 Å². The second-order valence-corrected chi connectivity index (χ2v) is 7.11. The number of aromatic nitrogens is 2. The van der Waals surface area contributed by atoms with E-state index in [0.29, 0.717) is 12.3 Å². The largest absolute Gasteiger partial charge is 0.490 e. The van der Waals surface area contributed by atoms with Crippen molar-refractivity contribution in [2.45, 2.75) is 26.1 Å². The minimum Gasteiger partial charge on any atom is -0.490 e. The maximum absolute atomic E-state index is 12.0. The molecule has 0 aliphatic rings. The van der Waals surface area contributed by atoms with Gasteiger partial charge in [-0.15, -0.1) is 0 Å². The molecule has 28 heavy (non-hydrogen) atoms. The summed E-state index contributed by atoms with van der Waals surface area (Å²) < 4.78 is 13.4. The average Bonchev–Trinajstić information content (AvgIpc) is 3.10. The van der Waals surface area contributed by atoms with E-state index in [2.05, 4.69) is 26.3 Å². The number of hydrogen-bond acceptors (Lipinski definition) is 5. The Morgan fingerprint density at radius 3 is 2.82 bits per heavy atom. The van der Waals surface area contributed by atoms with Gasteiger partial charge in [0.25, 0.3) is 0 Å². The number of amides is 1. The van der Waals surface area contributed by atoms with E-state index in [-0.39, 0.29) is 25.9 Å². The summed E-state index contributed by atoms with van der Waals surface area (Å²) in [6.07, 6.45) is 1.29. The zero-order valence-corrected chi connectivity index (χ0v) is 17.1. The summed E-state index contributed by atoms with van der Waals surface area (Å²) in [6.45, 7) is 2.73. The molecule has 1 unspecified atom stereocenters. The summed E-state index contributed by atoms with van der Waals surface area (Å²) in [6, 6.07) is 13.1. The van der Waals surface area contributed by atoms with Crippen molar-refractivity contribution < 1.29 is 19.4 Å². The van der Waals surface area contributed by atoms with Gasteiger partial charge in [0, 0.05) is 11.4 Å². The third-order valence-corrected chi connectivity index (χ3v) is 4.85. The minimum absolute atomic E-state index is 0.0597. The number of halogens is 1. The SMILES string of the molecule is CC(Cn1ncc2ccc(OCCO)c(Br)c21)NC(=O)OCc1ccccc1. The van der Waals surface area contributed by atoms with Crippen LogP contribution in [0.5, 0.6) is 5.75 Å². The van der Waals surface area contributed by atoms with E-state index in [1.807, 2.05) is 49.4 Å². The maximum atomic E-state index is 12.0. The first-order valence-electron chi connectivity index (χ1n) is 8.93. The lowest BCUT2D eigenvalue weighted by molar-refractivity contribution is 0.135. The number of fused-ring (bicyclic) bond motifs is 1. The van der Waals surface area contributed by atoms with Gasteiger partial charge in [-0.25, -0.2) is 4.79 Å². The van der Waals surface area contributed by atoms with Crippen LogP contribution < -0.4 is 10.1 Å². The van der Waals surface area contributed by atoms with E-state index in [0.717, 1.165) is 20.9 Å². The standard InChI is InChI=1S/C20H22BrN3O4/c1-14(23-20(26)28-13-15-5-3-2-4-6-15)12-24-19-16(11-22-24)7-8-17(18(19)21)27-10-9-25/h2-8,11,14,25H,9-10,12-13H2,1H3,(H,23,26). The molecule has 2 aromatic carbocycles. The number of hydrogen-bond donors (Lipinski definition) is 2. The fraction of sp³-hybridized carbons (Fsp3) is 0.300. The Hall–Kier alpha value is -2.58. The van der Waals surface area contributed by atoms with Gasteiger partial charge in [0.2, 0.25) is 0 Å². The molecule has 1 aromatic heterocycles. The van der Waals surface area contributed by atoms with E-state index >= 15 is 0 Å². The zero-order valence-electron chi connectivity index (χ0n) is 15.5. The molecule has 2 N–H and O–H groups in total. The van der Waals surface area contributed by atoms with Crippen molar-refractivity contribution in [2.24, 2.45) is 0 Å². The third kappa shape index (κ3) is 5.02. The molecule has 0 aliphatic heterocycles. The molecule has 148 valence electrons. The molecule has 3 aromatic rings. The van der Waals surface area contributed by atoms with E-state index in [4.69, 9.17) is 14.6 Å². The van der Waals surface area contributed by atoms with Gasteiger partial charge in [-0.3, -0.25) is 4.68 Å². The smallest absolute Gasteiger partial charge is 0.407 e. The molecule has 7 nitrogen and oxygen atoms in total. The van der Waals surface area contributed by atoms with Crippen molar-refractivity contribution in [1.82, 2.24) is 15.1 Å². The highest BCUT2D eigenvalue weighted by atomic mass is 79.9. The van der Waals surface area contributed by atoms with Crippen LogP contribution in [-0.2, 0) is 17.9 Å². The molecule has 0 spiro atoms. The van der Waals surface area contributed by atoms with Crippen LogP contribution >= 0.6 is 15.9 Å². The number of nitrogens with zero attached hydrogens (tertiary/aromatic N) is 2. The van der Waals surface area contributed by atoms with E-state index in [9.17, 15) is 4.79 Å². The lowest BCUT2D eigenvalue weighted by Gasteiger charge is -2.16. The van der Waals surface area contributed by atoms with Crippen molar-refractivity contribution in [1.29, 1.82) is 0 Å². The lowest BCUT2D eigenvalue weighted by Crippen LogP contribution is -2.36. The summed E-state index contributed by atoms with van der Waals surface area (Å²) in [7, 11) is 0. The first kappa shape index (κ1) is 20.2. The van der Waals surface area contributed by atoms with E-state index < -0.39 is 6.09 Å². The summed E-state index contributed by atoms with van der Waals surface area (Å²) in [5.41, 5.74) is 1.80. The molecule has 3 rings (SSSR count). The molecule has 0 bridgehead atoms. The van der Waals surface area contributed by atoms with Gasteiger partial charge < -0.3 is 19.9 Å². The Bertz CT molecular complexity index is 930. The quantitative estimate of drug-likeness (QED) is 0.551. The predicted octanol–water partition coefficient (Wildman–Crippen LogP) is 3.48. The third-order valence-electron chi connectivity index (χ3n) is 4.08. The van der Waals surface area contributed by atoms with Crippen LogP contribution in [0.25, 0.3) is 10.9 Å². The number of benzene rings is 2. The molecule has 0 fully saturated rings. The Balaban J connectivity index is 1.62. The molecule has 0 saturated carbocycles. The van der Waals surface area contributed by atoms with Gasteiger partial charge in [-0.1, -0.05) is 30.3 Å². The second-order valence-electron chi connectivity index (χ2n) is 6.32. The topological polar surface area (TPSA) is 85.6 Å². The fourth-order valence-corrected chi connectivity index (χ4v) is 3.47. The van der Waals surface area contributed by atoms with Crippen molar-refractivity contribution in [2.75, 3.05) is 13.2 Å². The first-order chi connectivity index (χ1) is 13.6. The van der Waals surface area contributed by atoms with Crippen molar-refractivity contribution in [3.63, 3.8) is 0 Å². The summed E-state index contributed by atoms with van der Waals surface area (Å²) in [5.74, 6) is 0.631. The van der Waals surface area contributed by atoms with Gasteiger partial charge in [0.05, 0.1) is 29.3 Å². The molecular weight excluding hydrogens is 426 g/mol. The molecule has 0 radical (unpaired) electrons. The van der Waals surface area contributed by atoms with Crippen molar-refractivity contribution in [3.05, 3.63) is 58.7 Å². The molecule has 0 saturated heterocycles. The number of nitrogens with one attached hydrogen (secondary N) is 1.